The molecule has 1 aliphatic heterocycles. The Hall–Kier alpha value is -2.42. The Morgan fingerprint density at radius 2 is 1.67 bits per heavy atom. The first kappa shape index (κ1) is 16.4. The lowest BCUT2D eigenvalue weighted by atomic mass is 10.1. The number of benzene rings is 1. The van der Waals surface area contributed by atoms with Crippen LogP contribution in [0.4, 0.5) is 13.2 Å². The molecule has 1 aliphatic rings. The van der Waals surface area contributed by atoms with Crippen LogP contribution >= 0.6 is 11.8 Å². The fourth-order valence-electron chi connectivity index (χ4n) is 2.24. The number of halogens is 3. The summed E-state index contributed by atoms with van der Waals surface area (Å²) in [6, 6.07) is 7.25. The van der Waals surface area contributed by atoms with Crippen LogP contribution in [0.25, 0.3) is 0 Å². The van der Waals surface area contributed by atoms with Crippen molar-refractivity contribution in [2.24, 2.45) is 0 Å². The quantitative estimate of drug-likeness (QED) is 0.480. The highest BCUT2D eigenvalue weighted by molar-refractivity contribution is 7.99. The highest BCUT2D eigenvalue weighted by Gasteiger charge is 2.35. The van der Waals surface area contributed by atoms with E-state index in [1.165, 1.54) is 0 Å². The van der Waals surface area contributed by atoms with Crippen molar-refractivity contribution in [3.05, 3.63) is 53.3 Å². The average Bonchev–Trinajstić information content (AvgIpc) is 2.80. The molecule has 1 aromatic carbocycles. The molecule has 5 nitrogen and oxygen atoms in total. The van der Waals surface area contributed by atoms with Crippen LogP contribution in [0, 0.1) is 0 Å². The molecule has 0 N–H and O–H groups in total. The van der Waals surface area contributed by atoms with E-state index in [2.05, 4.69) is 9.97 Å². The molecule has 0 saturated carbocycles. The zero-order valence-electron chi connectivity index (χ0n) is 12.1. The van der Waals surface area contributed by atoms with Crippen molar-refractivity contribution >= 4 is 23.6 Å². The zero-order valence-corrected chi connectivity index (χ0v) is 12.9. The van der Waals surface area contributed by atoms with E-state index in [-0.39, 0.29) is 17.5 Å². The number of fused-ring (bicyclic) bond motifs is 1. The zero-order chi connectivity index (χ0) is 17.3. The molecule has 3 rings (SSSR count). The highest BCUT2D eigenvalue weighted by atomic mass is 32.2. The average molecular weight is 353 g/mol. The molecule has 24 heavy (non-hydrogen) atoms. The lowest BCUT2D eigenvalue weighted by molar-refractivity contribution is -0.141. The van der Waals surface area contributed by atoms with Gasteiger partial charge in [-0.1, -0.05) is 23.9 Å². The number of thioether (sulfide) groups is 1. The minimum atomic E-state index is -4.54. The predicted molar refractivity (Wildman–Crippen MR) is 79.6 cm³/mol. The maximum atomic E-state index is 12.6. The summed E-state index contributed by atoms with van der Waals surface area (Å²) >= 11 is 0.952. The Balaban J connectivity index is 1.64. The smallest absolute Gasteiger partial charge is 0.273 e. The summed E-state index contributed by atoms with van der Waals surface area (Å²) in [5, 5.41) is -0.0542. The minimum Gasteiger partial charge on any atom is -0.273 e. The van der Waals surface area contributed by atoms with Gasteiger partial charge in [0, 0.05) is 18.5 Å². The van der Waals surface area contributed by atoms with E-state index < -0.39 is 23.7 Å². The van der Waals surface area contributed by atoms with E-state index in [9.17, 15) is 22.8 Å². The van der Waals surface area contributed by atoms with Crippen molar-refractivity contribution in [2.75, 3.05) is 12.3 Å². The molecule has 0 aliphatic carbocycles. The highest BCUT2D eigenvalue weighted by Crippen LogP contribution is 2.28. The Morgan fingerprint density at radius 3 is 2.25 bits per heavy atom. The standard InChI is InChI=1S/C15H10F3N3O2S/c16-15(17,18)11-5-6-19-14(20-11)24-8-7-21-12(22)9-3-1-2-4-10(9)13(21)23/h1-6H,7-8H2. The van der Waals surface area contributed by atoms with Gasteiger partial charge in [-0.25, -0.2) is 9.97 Å². The van der Waals surface area contributed by atoms with Gasteiger partial charge in [0.15, 0.2) is 5.16 Å². The molecule has 2 amide bonds. The number of nitrogens with zero attached hydrogens (tertiary/aromatic N) is 3. The Kier molecular flexibility index (Phi) is 4.27. The van der Waals surface area contributed by atoms with Gasteiger partial charge in [0.2, 0.25) is 0 Å². The summed E-state index contributed by atoms with van der Waals surface area (Å²) in [5.41, 5.74) is -0.355. The number of rotatable bonds is 4. The molecule has 2 heterocycles. The maximum Gasteiger partial charge on any atom is 0.433 e. The van der Waals surface area contributed by atoms with E-state index in [1.54, 1.807) is 24.3 Å². The molecule has 2 aromatic rings. The van der Waals surface area contributed by atoms with Gasteiger partial charge in [-0.15, -0.1) is 0 Å². The van der Waals surface area contributed by atoms with Crippen molar-refractivity contribution < 1.29 is 22.8 Å². The minimum absolute atomic E-state index is 0.0542. The van der Waals surface area contributed by atoms with Crippen LogP contribution in [0.5, 0.6) is 0 Å². The van der Waals surface area contributed by atoms with Crippen molar-refractivity contribution in [2.45, 2.75) is 11.3 Å². The summed E-state index contributed by atoms with van der Waals surface area (Å²) in [5.74, 6) is -0.602. The molecule has 9 heteroatoms. The van der Waals surface area contributed by atoms with Crippen LogP contribution in [-0.2, 0) is 6.18 Å². The molecule has 0 fully saturated rings. The van der Waals surface area contributed by atoms with Crippen LogP contribution in [0.3, 0.4) is 0 Å². The first-order valence-electron chi connectivity index (χ1n) is 6.86. The molecule has 0 saturated heterocycles. The third-order valence-electron chi connectivity index (χ3n) is 3.35. The monoisotopic (exact) mass is 353 g/mol. The fraction of sp³-hybridized carbons (Fsp3) is 0.200. The predicted octanol–water partition coefficient (Wildman–Crippen LogP) is 2.88. The van der Waals surface area contributed by atoms with Gasteiger partial charge in [0.1, 0.15) is 5.69 Å². The second kappa shape index (κ2) is 6.23. The first-order chi connectivity index (χ1) is 11.4. The van der Waals surface area contributed by atoms with Crippen LogP contribution in [0.1, 0.15) is 26.4 Å². The van der Waals surface area contributed by atoms with Crippen molar-refractivity contribution in [3.8, 4) is 0 Å². The summed E-state index contributed by atoms with van der Waals surface area (Å²) in [4.78, 5) is 32.6. The molecule has 1 aromatic heterocycles. The van der Waals surface area contributed by atoms with Crippen LogP contribution in [0.2, 0.25) is 0 Å². The van der Waals surface area contributed by atoms with Crippen LogP contribution < -0.4 is 0 Å². The second-order valence-corrected chi connectivity index (χ2v) is 5.94. The lowest BCUT2D eigenvalue weighted by Crippen LogP contribution is -2.31. The molecular weight excluding hydrogens is 343 g/mol. The van der Waals surface area contributed by atoms with Crippen LogP contribution in [-0.4, -0.2) is 39.0 Å². The second-order valence-electron chi connectivity index (χ2n) is 4.88. The molecule has 0 atom stereocenters. The summed E-state index contributed by atoms with van der Waals surface area (Å²) < 4.78 is 37.8. The third kappa shape index (κ3) is 3.12. The number of aromatic nitrogens is 2. The lowest BCUT2D eigenvalue weighted by Gasteiger charge is -2.13. The number of alkyl halides is 3. The normalized spacial score (nSPS) is 14.2. The van der Waals surface area contributed by atoms with E-state index >= 15 is 0 Å². The van der Waals surface area contributed by atoms with Gasteiger partial charge >= 0.3 is 6.18 Å². The molecule has 0 radical (unpaired) electrons. The molecule has 0 bridgehead atoms. The van der Waals surface area contributed by atoms with Crippen LogP contribution in [0.15, 0.2) is 41.7 Å². The molecule has 0 unspecified atom stereocenters. The summed E-state index contributed by atoms with van der Waals surface area (Å²) in [6.07, 6.45) is -3.51. The maximum absolute atomic E-state index is 12.6. The number of hydrogen-bond donors (Lipinski definition) is 0. The van der Waals surface area contributed by atoms with Crippen molar-refractivity contribution in [1.82, 2.24) is 14.9 Å². The third-order valence-corrected chi connectivity index (χ3v) is 4.19. The van der Waals surface area contributed by atoms with E-state index in [4.69, 9.17) is 0 Å². The van der Waals surface area contributed by atoms with Gasteiger partial charge in [0.05, 0.1) is 11.1 Å². The Bertz CT molecular complexity index is 776. The van der Waals surface area contributed by atoms with E-state index in [0.717, 1.165) is 28.9 Å². The topological polar surface area (TPSA) is 63.2 Å². The number of carbonyl (C=O) groups excluding carboxylic acids is 2. The Morgan fingerprint density at radius 1 is 1.04 bits per heavy atom. The summed E-state index contributed by atoms with van der Waals surface area (Å²) in [7, 11) is 0. The van der Waals surface area contributed by atoms with Gasteiger partial charge < -0.3 is 0 Å². The number of hydrogen-bond acceptors (Lipinski definition) is 5. The SMILES string of the molecule is O=C1c2ccccc2C(=O)N1CCSc1nccc(C(F)(F)F)n1. The van der Waals surface area contributed by atoms with Gasteiger partial charge in [-0.2, -0.15) is 13.2 Å². The fourth-order valence-corrected chi connectivity index (χ4v) is 2.99. The number of carbonyl (C=O) groups is 2. The number of amides is 2. The summed E-state index contributed by atoms with van der Waals surface area (Å²) in [6.45, 7) is 0.0661. The molecular formula is C15H10F3N3O2S. The van der Waals surface area contributed by atoms with Gasteiger partial charge in [0.25, 0.3) is 11.8 Å². The van der Waals surface area contributed by atoms with Crippen molar-refractivity contribution in [3.63, 3.8) is 0 Å². The number of imide groups is 1. The molecule has 0 spiro atoms. The first-order valence-corrected chi connectivity index (χ1v) is 7.85. The van der Waals surface area contributed by atoms with Gasteiger partial charge in [-0.3, -0.25) is 14.5 Å². The Labute approximate surface area is 138 Å². The van der Waals surface area contributed by atoms with Crippen molar-refractivity contribution in [1.29, 1.82) is 0 Å². The van der Waals surface area contributed by atoms with Gasteiger partial charge in [-0.05, 0) is 18.2 Å². The largest absolute Gasteiger partial charge is 0.433 e. The van der Waals surface area contributed by atoms with E-state index in [1.807, 2.05) is 0 Å². The molecule has 124 valence electrons. The van der Waals surface area contributed by atoms with E-state index in [0.29, 0.717) is 11.1 Å².